The maximum atomic E-state index is 9.33. The molecular formula is C12H12BrN3O. The Morgan fingerprint density at radius 3 is 2.94 bits per heavy atom. The lowest BCUT2D eigenvalue weighted by atomic mass is 10.2. The summed E-state index contributed by atoms with van der Waals surface area (Å²) in [5.41, 5.74) is 2.49. The topological polar surface area (TPSA) is 58.0 Å². The second-order valence-electron chi connectivity index (χ2n) is 4.44. The number of nitrogens with zero attached hydrogens (tertiary/aromatic N) is 2. The molecule has 0 saturated heterocycles. The normalized spacial score (nSPS) is 17.1. The third-order valence-electron chi connectivity index (χ3n) is 3.10. The van der Waals surface area contributed by atoms with Crippen LogP contribution in [0.25, 0.3) is 11.0 Å². The van der Waals surface area contributed by atoms with Crippen LogP contribution in [0.2, 0.25) is 0 Å². The summed E-state index contributed by atoms with van der Waals surface area (Å²) < 4.78 is 0.915. The number of halogens is 1. The number of fused-ring (bicyclic) bond motifs is 1. The number of hydrogen-bond acceptors (Lipinski definition) is 4. The molecule has 2 aromatic heterocycles. The molecule has 1 aliphatic rings. The Labute approximate surface area is 107 Å². The second-order valence-corrected chi connectivity index (χ2v) is 5.36. The van der Waals surface area contributed by atoms with Crippen LogP contribution >= 0.6 is 15.9 Å². The van der Waals surface area contributed by atoms with Crippen molar-refractivity contribution in [3.8, 4) is 0 Å². The molecule has 0 atom stereocenters. The second kappa shape index (κ2) is 3.92. The Kier molecular flexibility index (Phi) is 2.52. The zero-order chi connectivity index (χ0) is 11.9. The van der Waals surface area contributed by atoms with Crippen molar-refractivity contribution < 1.29 is 5.11 Å². The molecule has 1 saturated carbocycles. The van der Waals surface area contributed by atoms with E-state index in [1.165, 1.54) is 0 Å². The molecule has 2 aromatic rings. The molecule has 0 aliphatic heterocycles. The van der Waals surface area contributed by atoms with Crippen LogP contribution in [0.3, 0.4) is 0 Å². The van der Waals surface area contributed by atoms with Gasteiger partial charge < -0.3 is 10.4 Å². The van der Waals surface area contributed by atoms with Crippen LogP contribution in [-0.4, -0.2) is 27.2 Å². The highest BCUT2D eigenvalue weighted by Crippen LogP contribution is 2.39. The number of aromatic nitrogens is 2. The molecule has 1 aliphatic carbocycles. The summed E-state index contributed by atoms with van der Waals surface area (Å²) in [5, 5.41) is 12.7. The van der Waals surface area contributed by atoms with Crippen LogP contribution in [0.5, 0.6) is 0 Å². The van der Waals surface area contributed by atoms with Gasteiger partial charge in [-0.25, -0.2) is 0 Å². The number of rotatable bonds is 3. The predicted octanol–water partition coefficient (Wildman–Crippen LogP) is 2.33. The van der Waals surface area contributed by atoms with Crippen molar-refractivity contribution in [3.05, 3.63) is 29.0 Å². The predicted molar refractivity (Wildman–Crippen MR) is 69.9 cm³/mol. The van der Waals surface area contributed by atoms with Crippen molar-refractivity contribution in [3.63, 3.8) is 0 Å². The summed E-state index contributed by atoms with van der Waals surface area (Å²) in [7, 11) is 0. The number of nitrogens with one attached hydrogen (secondary N) is 1. The van der Waals surface area contributed by atoms with E-state index in [4.69, 9.17) is 0 Å². The summed E-state index contributed by atoms with van der Waals surface area (Å²) in [4.78, 5) is 8.66. The van der Waals surface area contributed by atoms with Gasteiger partial charge in [0.1, 0.15) is 5.52 Å². The highest BCUT2D eigenvalue weighted by molar-refractivity contribution is 9.10. The van der Waals surface area contributed by atoms with Crippen molar-refractivity contribution in [2.75, 3.05) is 11.9 Å². The largest absolute Gasteiger partial charge is 0.394 e. The minimum Gasteiger partial charge on any atom is -0.394 e. The van der Waals surface area contributed by atoms with Gasteiger partial charge in [-0.2, -0.15) is 0 Å². The average molecular weight is 294 g/mol. The fraction of sp³-hybridized carbons (Fsp3) is 0.333. The van der Waals surface area contributed by atoms with E-state index in [0.29, 0.717) is 0 Å². The molecule has 3 rings (SSSR count). The number of anilines is 1. The van der Waals surface area contributed by atoms with Crippen LogP contribution < -0.4 is 5.32 Å². The van der Waals surface area contributed by atoms with Crippen molar-refractivity contribution in [1.29, 1.82) is 0 Å². The van der Waals surface area contributed by atoms with E-state index in [1.807, 2.05) is 12.1 Å². The van der Waals surface area contributed by atoms with E-state index in [-0.39, 0.29) is 12.1 Å². The molecule has 88 valence electrons. The standard InChI is InChI=1S/C12H12BrN3O/c13-8-5-10-11(15-6-8)9(1-4-14-10)16-12(7-17)2-3-12/h1,4-6,17H,2-3,7H2,(H,14,16). The molecule has 0 unspecified atom stereocenters. The van der Waals surface area contributed by atoms with E-state index in [1.54, 1.807) is 12.4 Å². The first-order chi connectivity index (χ1) is 8.22. The summed E-state index contributed by atoms with van der Waals surface area (Å²) in [6, 6.07) is 3.84. The van der Waals surface area contributed by atoms with Crippen LogP contribution in [0.4, 0.5) is 5.69 Å². The fourth-order valence-electron chi connectivity index (χ4n) is 1.87. The zero-order valence-corrected chi connectivity index (χ0v) is 10.7. The maximum Gasteiger partial charge on any atom is 0.112 e. The molecular weight excluding hydrogens is 282 g/mol. The van der Waals surface area contributed by atoms with Gasteiger partial charge >= 0.3 is 0 Å². The van der Waals surface area contributed by atoms with E-state index in [0.717, 1.165) is 34.0 Å². The van der Waals surface area contributed by atoms with E-state index in [9.17, 15) is 5.11 Å². The minimum atomic E-state index is -0.136. The van der Waals surface area contributed by atoms with Gasteiger partial charge in [0.25, 0.3) is 0 Å². The number of hydrogen-bond donors (Lipinski definition) is 2. The molecule has 5 heteroatoms. The molecule has 0 spiro atoms. The summed E-state index contributed by atoms with van der Waals surface area (Å²) >= 11 is 3.38. The zero-order valence-electron chi connectivity index (χ0n) is 9.15. The lowest BCUT2D eigenvalue weighted by Crippen LogP contribution is -2.25. The maximum absolute atomic E-state index is 9.33. The van der Waals surface area contributed by atoms with Gasteiger partial charge in [0.2, 0.25) is 0 Å². The van der Waals surface area contributed by atoms with Gasteiger partial charge in [0.05, 0.1) is 23.3 Å². The van der Waals surface area contributed by atoms with Crippen LogP contribution in [-0.2, 0) is 0 Å². The molecule has 2 N–H and O–H groups in total. The van der Waals surface area contributed by atoms with Crippen LogP contribution in [0, 0.1) is 0 Å². The molecule has 4 nitrogen and oxygen atoms in total. The molecule has 0 radical (unpaired) electrons. The molecule has 0 aromatic carbocycles. The third-order valence-corrected chi connectivity index (χ3v) is 3.53. The first-order valence-corrected chi connectivity index (χ1v) is 6.31. The summed E-state index contributed by atoms with van der Waals surface area (Å²) in [5.74, 6) is 0. The lowest BCUT2D eigenvalue weighted by Gasteiger charge is -2.16. The van der Waals surface area contributed by atoms with Crippen molar-refractivity contribution >= 4 is 32.7 Å². The fourth-order valence-corrected chi connectivity index (χ4v) is 2.18. The van der Waals surface area contributed by atoms with Gasteiger partial charge in [-0.15, -0.1) is 0 Å². The van der Waals surface area contributed by atoms with Gasteiger partial charge in [-0.1, -0.05) is 0 Å². The Balaban J connectivity index is 2.04. The Bertz CT molecular complexity index is 569. The highest BCUT2D eigenvalue weighted by atomic mass is 79.9. The van der Waals surface area contributed by atoms with Crippen molar-refractivity contribution in [2.24, 2.45) is 0 Å². The van der Waals surface area contributed by atoms with Gasteiger partial charge in [0.15, 0.2) is 0 Å². The first-order valence-electron chi connectivity index (χ1n) is 5.52. The van der Waals surface area contributed by atoms with Crippen molar-refractivity contribution in [1.82, 2.24) is 9.97 Å². The minimum absolute atomic E-state index is 0.136. The van der Waals surface area contributed by atoms with Gasteiger partial charge in [0, 0.05) is 16.9 Å². The molecule has 1 fully saturated rings. The van der Waals surface area contributed by atoms with Crippen LogP contribution in [0.15, 0.2) is 29.0 Å². The van der Waals surface area contributed by atoms with E-state index < -0.39 is 0 Å². The summed E-state index contributed by atoms with van der Waals surface area (Å²) in [6.07, 6.45) is 5.52. The number of aliphatic hydroxyl groups excluding tert-OH is 1. The van der Waals surface area contributed by atoms with Gasteiger partial charge in [-0.3, -0.25) is 9.97 Å². The Hall–Kier alpha value is -1.20. The Morgan fingerprint density at radius 2 is 2.24 bits per heavy atom. The number of aliphatic hydroxyl groups is 1. The van der Waals surface area contributed by atoms with Gasteiger partial charge in [-0.05, 0) is 40.9 Å². The van der Waals surface area contributed by atoms with Crippen molar-refractivity contribution in [2.45, 2.75) is 18.4 Å². The smallest absolute Gasteiger partial charge is 0.112 e. The molecule has 0 amide bonds. The highest BCUT2D eigenvalue weighted by Gasteiger charge is 2.42. The molecule has 17 heavy (non-hydrogen) atoms. The van der Waals surface area contributed by atoms with E-state index >= 15 is 0 Å². The monoisotopic (exact) mass is 293 g/mol. The third kappa shape index (κ3) is 2.00. The quantitative estimate of drug-likeness (QED) is 0.912. The molecule has 0 bridgehead atoms. The average Bonchev–Trinajstić information content (AvgIpc) is 3.09. The summed E-state index contributed by atoms with van der Waals surface area (Å²) in [6.45, 7) is 0.160. The first kappa shape index (κ1) is 10.9. The van der Waals surface area contributed by atoms with Crippen LogP contribution in [0.1, 0.15) is 12.8 Å². The van der Waals surface area contributed by atoms with E-state index in [2.05, 4.69) is 31.2 Å². The SMILES string of the molecule is OCC1(Nc2ccnc3cc(Br)cnc23)CC1. The lowest BCUT2D eigenvalue weighted by molar-refractivity contribution is 0.266. The molecule has 2 heterocycles. The number of pyridine rings is 2. The Morgan fingerprint density at radius 1 is 1.41 bits per heavy atom.